The van der Waals surface area contributed by atoms with Crippen molar-refractivity contribution in [2.75, 3.05) is 13.2 Å². The maximum atomic E-state index is 11.9. The van der Waals surface area contributed by atoms with Crippen LogP contribution < -0.4 is 5.32 Å². The van der Waals surface area contributed by atoms with Gasteiger partial charge in [-0.1, -0.05) is 13.8 Å². The lowest BCUT2D eigenvalue weighted by atomic mass is 9.95. The number of amides is 1. The molecule has 0 aromatic carbocycles. The first-order chi connectivity index (χ1) is 7.87. The summed E-state index contributed by atoms with van der Waals surface area (Å²) in [4.78, 5) is 22.9. The van der Waals surface area contributed by atoms with Crippen LogP contribution in [0.4, 0.5) is 0 Å². The summed E-state index contributed by atoms with van der Waals surface area (Å²) in [7, 11) is 0. The Kier molecular flexibility index (Phi) is 4.51. The van der Waals surface area contributed by atoms with Gasteiger partial charge in [0, 0.05) is 13.2 Å². The SMILES string of the molecule is CC(C)C(CNC(=O)C1(C)CCCO1)C(=O)O. The Hall–Kier alpha value is -1.10. The predicted octanol–water partition coefficient (Wildman–Crippen LogP) is 1.03. The molecule has 98 valence electrons. The fourth-order valence-electron chi connectivity index (χ4n) is 1.96. The minimum atomic E-state index is -0.877. The third kappa shape index (κ3) is 3.43. The number of hydrogen-bond acceptors (Lipinski definition) is 3. The molecule has 5 nitrogen and oxygen atoms in total. The van der Waals surface area contributed by atoms with E-state index in [-0.39, 0.29) is 18.4 Å². The van der Waals surface area contributed by atoms with Gasteiger partial charge in [0.05, 0.1) is 5.92 Å². The van der Waals surface area contributed by atoms with Crippen molar-refractivity contribution in [3.05, 3.63) is 0 Å². The van der Waals surface area contributed by atoms with E-state index in [0.717, 1.165) is 6.42 Å². The van der Waals surface area contributed by atoms with E-state index in [1.807, 2.05) is 13.8 Å². The zero-order chi connectivity index (χ0) is 13.1. The van der Waals surface area contributed by atoms with Crippen LogP contribution in [0.3, 0.4) is 0 Å². The van der Waals surface area contributed by atoms with Gasteiger partial charge in [-0.15, -0.1) is 0 Å². The molecule has 0 aromatic rings. The smallest absolute Gasteiger partial charge is 0.308 e. The third-order valence-corrected chi connectivity index (χ3v) is 3.30. The van der Waals surface area contributed by atoms with Gasteiger partial charge in [0.25, 0.3) is 5.91 Å². The van der Waals surface area contributed by atoms with Gasteiger partial charge < -0.3 is 15.2 Å². The van der Waals surface area contributed by atoms with Crippen LogP contribution >= 0.6 is 0 Å². The Morgan fingerprint density at radius 3 is 2.53 bits per heavy atom. The van der Waals surface area contributed by atoms with E-state index >= 15 is 0 Å². The van der Waals surface area contributed by atoms with E-state index in [1.165, 1.54) is 0 Å². The van der Waals surface area contributed by atoms with E-state index in [1.54, 1.807) is 6.92 Å². The van der Waals surface area contributed by atoms with E-state index in [9.17, 15) is 9.59 Å². The van der Waals surface area contributed by atoms with Gasteiger partial charge in [-0.05, 0) is 25.7 Å². The molecule has 2 atom stereocenters. The molecule has 17 heavy (non-hydrogen) atoms. The topological polar surface area (TPSA) is 75.6 Å². The number of rotatable bonds is 5. The summed E-state index contributed by atoms with van der Waals surface area (Å²) in [5, 5.41) is 11.7. The minimum Gasteiger partial charge on any atom is -0.481 e. The molecule has 2 N–H and O–H groups in total. The number of hydrogen-bond donors (Lipinski definition) is 2. The molecule has 1 amide bonds. The van der Waals surface area contributed by atoms with Crippen LogP contribution in [-0.2, 0) is 14.3 Å². The first-order valence-corrected chi connectivity index (χ1v) is 6.02. The highest BCUT2D eigenvalue weighted by Crippen LogP contribution is 2.25. The second kappa shape index (κ2) is 5.49. The van der Waals surface area contributed by atoms with Gasteiger partial charge in [-0.3, -0.25) is 9.59 Å². The highest BCUT2D eigenvalue weighted by atomic mass is 16.5. The zero-order valence-corrected chi connectivity index (χ0v) is 10.7. The number of carbonyl (C=O) groups is 2. The van der Waals surface area contributed by atoms with E-state index in [0.29, 0.717) is 13.0 Å². The molecule has 1 aliphatic heterocycles. The molecule has 1 heterocycles. The van der Waals surface area contributed by atoms with Crippen LogP contribution in [-0.4, -0.2) is 35.7 Å². The molecular formula is C12H21NO4. The Bertz CT molecular complexity index is 295. The number of carboxylic acids is 1. The molecule has 2 unspecified atom stereocenters. The highest BCUT2D eigenvalue weighted by Gasteiger charge is 2.38. The molecule has 1 aliphatic rings. The third-order valence-electron chi connectivity index (χ3n) is 3.30. The van der Waals surface area contributed by atoms with Crippen molar-refractivity contribution >= 4 is 11.9 Å². The number of carbonyl (C=O) groups excluding carboxylic acids is 1. The second-order valence-corrected chi connectivity index (χ2v) is 5.08. The molecule has 1 rings (SSSR count). The maximum absolute atomic E-state index is 11.9. The van der Waals surface area contributed by atoms with Gasteiger partial charge in [0.1, 0.15) is 5.60 Å². The second-order valence-electron chi connectivity index (χ2n) is 5.08. The summed E-state index contributed by atoms with van der Waals surface area (Å²) < 4.78 is 5.40. The standard InChI is InChI=1S/C12H21NO4/c1-8(2)9(10(14)15)7-13-11(16)12(3)5-4-6-17-12/h8-9H,4-7H2,1-3H3,(H,13,16)(H,14,15). The largest absolute Gasteiger partial charge is 0.481 e. The molecule has 0 bridgehead atoms. The summed E-state index contributed by atoms with van der Waals surface area (Å²) >= 11 is 0. The molecule has 0 radical (unpaired) electrons. The number of ether oxygens (including phenoxy) is 1. The Balaban J connectivity index is 2.49. The lowest BCUT2D eigenvalue weighted by Crippen LogP contribution is -2.47. The average molecular weight is 243 g/mol. The zero-order valence-electron chi connectivity index (χ0n) is 10.7. The van der Waals surface area contributed by atoms with Gasteiger partial charge >= 0.3 is 5.97 Å². The first kappa shape index (κ1) is 14.0. The molecule has 0 aliphatic carbocycles. The van der Waals surface area contributed by atoms with Crippen LogP contribution in [0.5, 0.6) is 0 Å². The van der Waals surface area contributed by atoms with Gasteiger partial charge in [0.15, 0.2) is 0 Å². The average Bonchev–Trinajstić information content (AvgIpc) is 2.65. The fourth-order valence-corrected chi connectivity index (χ4v) is 1.96. The van der Waals surface area contributed by atoms with Crippen molar-refractivity contribution in [2.45, 2.75) is 39.2 Å². The van der Waals surface area contributed by atoms with Crippen molar-refractivity contribution in [1.29, 1.82) is 0 Å². The van der Waals surface area contributed by atoms with Crippen molar-refractivity contribution in [1.82, 2.24) is 5.32 Å². The molecule has 0 saturated carbocycles. The summed E-state index contributed by atoms with van der Waals surface area (Å²) in [6.45, 7) is 6.17. The fraction of sp³-hybridized carbons (Fsp3) is 0.833. The normalized spacial score (nSPS) is 25.9. The molecule has 0 aromatic heterocycles. The predicted molar refractivity (Wildman–Crippen MR) is 62.6 cm³/mol. The molecule has 1 saturated heterocycles. The van der Waals surface area contributed by atoms with Crippen molar-refractivity contribution in [3.63, 3.8) is 0 Å². The van der Waals surface area contributed by atoms with Crippen LogP contribution in [0, 0.1) is 11.8 Å². The van der Waals surface area contributed by atoms with Crippen LogP contribution in [0.25, 0.3) is 0 Å². The van der Waals surface area contributed by atoms with Crippen molar-refractivity contribution in [2.24, 2.45) is 11.8 Å². The first-order valence-electron chi connectivity index (χ1n) is 6.02. The van der Waals surface area contributed by atoms with Crippen LogP contribution in [0.2, 0.25) is 0 Å². The van der Waals surface area contributed by atoms with Crippen molar-refractivity contribution in [3.8, 4) is 0 Å². The molecule has 5 heteroatoms. The van der Waals surface area contributed by atoms with E-state index in [4.69, 9.17) is 9.84 Å². The Morgan fingerprint density at radius 2 is 2.12 bits per heavy atom. The Labute approximate surface area is 102 Å². The van der Waals surface area contributed by atoms with E-state index in [2.05, 4.69) is 5.32 Å². The number of nitrogens with one attached hydrogen (secondary N) is 1. The molecule has 1 fully saturated rings. The summed E-state index contributed by atoms with van der Waals surface area (Å²) in [6.07, 6.45) is 1.56. The molecule has 0 spiro atoms. The minimum absolute atomic E-state index is 0.00916. The summed E-state index contributed by atoms with van der Waals surface area (Å²) in [5.74, 6) is -1.64. The van der Waals surface area contributed by atoms with E-state index < -0.39 is 17.5 Å². The van der Waals surface area contributed by atoms with Gasteiger partial charge in [0.2, 0.25) is 0 Å². The monoisotopic (exact) mass is 243 g/mol. The summed E-state index contributed by atoms with van der Waals surface area (Å²) in [5.41, 5.74) is -0.778. The van der Waals surface area contributed by atoms with Crippen molar-refractivity contribution < 1.29 is 19.4 Å². The van der Waals surface area contributed by atoms with Gasteiger partial charge in [-0.25, -0.2) is 0 Å². The quantitative estimate of drug-likeness (QED) is 0.756. The van der Waals surface area contributed by atoms with Crippen LogP contribution in [0.1, 0.15) is 33.6 Å². The highest BCUT2D eigenvalue weighted by molar-refractivity contribution is 5.85. The number of carboxylic acid groups (broad SMARTS) is 1. The Morgan fingerprint density at radius 1 is 1.47 bits per heavy atom. The van der Waals surface area contributed by atoms with Crippen LogP contribution in [0.15, 0.2) is 0 Å². The lowest BCUT2D eigenvalue weighted by molar-refractivity contribution is -0.144. The lowest BCUT2D eigenvalue weighted by Gasteiger charge is -2.24. The molecular weight excluding hydrogens is 222 g/mol. The summed E-state index contributed by atoms with van der Waals surface area (Å²) in [6, 6.07) is 0. The maximum Gasteiger partial charge on any atom is 0.308 e. The number of aliphatic carboxylic acids is 1. The van der Waals surface area contributed by atoms with Gasteiger partial charge in [-0.2, -0.15) is 0 Å².